The van der Waals surface area contributed by atoms with Crippen molar-refractivity contribution in [3.05, 3.63) is 53.1 Å². The van der Waals surface area contributed by atoms with Crippen LogP contribution in [-0.2, 0) is 29.7 Å². The minimum Gasteiger partial charge on any atom is -0.493 e. The van der Waals surface area contributed by atoms with Gasteiger partial charge in [0.2, 0.25) is 10.0 Å². The zero-order chi connectivity index (χ0) is 17.2. The molecule has 2 N–H and O–H groups in total. The number of methoxy groups -OCH3 is 2. The van der Waals surface area contributed by atoms with Gasteiger partial charge in [0.05, 0.1) is 19.1 Å². The van der Waals surface area contributed by atoms with Crippen molar-refractivity contribution < 1.29 is 17.9 Å². The molecule has 0 unspecified atom stereocenters. The molecule has 2 aromatic rings. The number of hydrogen-bond donors (Lipinski definition) is 2. The third-order valence-electron chi connectivity index (χ3n) is 4.03. The minimum absolute atomic E-state index is 0. The first kappa shape index (κ1) is 19.5. The summed E-state index contributed by atoms with van der Waals surface area (Å²) in [6.45, 7) is 1.93. The van der Waals surface area contributed by atoms with E-state index in [-0.39, 0.29) is 23.8 Å². The van der Waals surface area contributed by atoms with Gasteiger partial charge in [-0.3, -0.25) is 0 Å². The van der Waals surface area contributed by atoms with E-state index in [1.165, 1.54) is 37.5 Å². The fraction of sp³-hybridized carbons (Fsp3) is 0.294. The standard InChI is InChI=1S/C17H20N2O4S.ClH/c1-22-16-6-5-15(8-17(16)23-2)24(20,21)19-9-12-3-4-13-10-18-11-14(13)7-12;/h3-8,18-19H,9-11H2,1-2H3;1H. The summed E-state index contributed by atoms with van der Waals surface area (Å²) in [7, 11) is -0.652. The summed E-state index contributed by atoms with van der Waals surface area (Å²) < 4.78 is 37.9. The first-order chi connectivity index (χ1) is 11.5. The number of sulfonamides is 1. The third-order valence-corrected chi connectivity index (χ3v) is 5.43. The Morgan fingerprint density at radius 3 is 2.44 bits per heavy atom. The Hall–Kier alpha value is -1.80. The molecule has 136 valence electrons. The first-order valence-electron chi connectivity index (χ1n) is 7.56. The summed E-state index contributed by atoms with van der Waals surface area (Å²) >= 11 is 0. The van der Waals surface area contributed by atoms with Crippen molar-refractivity contribution in [2.24, 2.45) is 0 Å². The molecule has 0 saturated heterocycles. The van der Waals surface area contributed by atoms with Crippen molar-refractivity contribution in [3.8, 4) is 11.5 Å². The minimum atomic E-state index is -3.63. The highest BCUT2D eigenvalue weighted by atomic mass is 35.5. The van der Waals surface area contributed by atoms with Crippen molar-refractivity contribution in [1.82, 2.24) is 10.0 Å². The highest BCUT2D eigenvalue weighted by Crippen LogP contribution is 2.29. The van der Waals surface area contributed by atoms with Crippen LogP contribution in [0.25, 0.3) is 0 Å². The van der Waals surface area contributed by atoms with E-state index in [1.807, 2.05) is 18.2 Å². The van der Waals surface area contributed by atoms with Crippen LogP contribution in [0.3, 0.4) is 0 Å². The van der Waals surface area contributed by atoms with Gasteiger partial charge in [-0.25, -0.2) is 13.1 Å². The lowest BCUT2D eigenvalue weighted by Crippen LogP contribution is -2.23. The molecular weight excluding hydrogens is 364 g/mol. The zero-order valence-corrected chi connectivity index (χ0v) is 15.7. The molecule has 0 radical (unpaired) electrons. The number of fused-ring (bicyclic) bond motifs is 1. The average Bonchev–Trinajstić information content (AvgIpc) is 3.07. The van der Waals surface area contributed by atoms with Crippen LogP contribution in [0.4, 0.5) is 0 Å². The van der Waals surface area contributed by atoms with E-state index in [2.05, 4.69) is 10.0 Å². The van der Waals surface area contributed by atoms with Crippen LogP contribution in [0.15, 0.2) is 41.3 Å². The molecule has 1 aliphatic rings. The summed E-state index contributed by atoms with van der Waals surface area (Å²) in [6, 6.07) is 10.5. The van der Waals surface area contributed by atoms with Gasteiger partial charge in [-0.05, 0) is 28.8 Å². The van der Waals surface area contributed by atoms with Gasteiger partial charge in [0.15, 0.2) is 11.5 Å². The molecule has 6 nitrogen and oxygen atoms in total. The predicted molar refractivity (Wildman–Crippen MR) is 97.8 cm³/mol. The van der Waals surface area contributed by atoms with Crippen molar-refractivity contribution in [2.75, 3.05) is 14.2 Å². The molecule has 1 heterocycles. The molecule has 0 atom stereocenters. The Bertz CT molecular complexity index is 856. The molecule has 0 fully saturated rings. The van der Waals surface area contributed by atoms with E-state index in [4.69, 9.17) is 9.47 Å². The lowest BCUT2D eigenvalue weighted by molar-refractivity contribution is 0.354. The molecule has 2 aromatic carbocycles. The lowest BCUT2D eigenvalue weighted by Gasteiger charge is -2.11. The van der Waals surface area contributed by atoms with Crippen LogP contribution in [0.2, 0.25) is 0 Å². The number of ether oxygens (including phenoxy) is 2. The van der Waals surface area contributed by atoms with Crippen molar-refractivity contribution >= 4 is 22.4 Å². The van der Waals surface area contributed by atoms with Crippen LogP contribution in [0.5, 0.6) is 11.5 Å². The number of halogens is 1. The van der Waals surface area contributed by atoms with E-state index >= 15 is 0 Å². The molecule has 0 saturated carbocycles. The SMILES string of the molecule is COc1ccc(S(=O)(=O)NCc2ccc3c(c2)CNC3)cc1OC.Cl. The van der Waals surface area contributed by atoms with Crippen LogP contribution >= 0.6 is 12.4 Å². The zero-order valence-electron chi connectivity index (χ0n) is 14.0. The molecule has 0 amide bonds. The van der Waals surface area contributed by atoms with E-state index in [9.17, 15) is 8.42 Å². The summed E-state index contributed by atoms with van der Waals surface area (Å²) in [5, 5.41) is 3.27. The maximum absolute atomic E-state index is 12.5. The van der Waals surface area contributed by atoms with E-state index in [0.717, 1.165) is 18.7 Å². The van der Waals surface area contributed by atoms with E-state index < -0.39 is 10.0 Å². The molecule has 0 aromatic heterocycles. The van der Waals surface area contributed by atoms with E-state index in [1.54, 1.807) is 6.07 Å². The second-order valence-corrected chi connectivity index (χ2v) is 7.31. The lowest BCUT2D eigenvalue weighted by atomic mass is 10.1. The van der Waals surface area contributed by atoms with Crippen molar-refractivity contribution in [2.45, 2.75) is 24.5 Å². The quantitative estimate of drug-likeness (QED) is 0.798. The second kappa shape index (κ2) is 8.05. The molecule has 0 spiro atoms. The van der Waals surface area contributed by atoms with Crippen LogP contribution < -0.4 is 19.5 Å². The van der Waals surface area contributed by atoms with Gasteiger partial charge < -0.3 is 14.8 Å². The molecule has 3 rings (SSSR count). The topological polar surface area (TPSA) is 76.7 Å². The van der Waals surface area contributed by atoms with Crippen LogP contribution in [0.1, 0.15) is 16.7 Å². The van der Waals surface area contributed by atoms with Gasteiger partial charge in [0.1, 0.15) is 0 Å². The number of rotatable bonds is 6. The van der Waals surface area contributed by atoms with E-state index in [0.29, 0.717) is 11.5 Å². The van der Waals surface area contributed by atoms with Crippen molar-refractivity contribution in [1.29, 1.82) is 0 Å². The number of nitrogens with one attached hydrogen (secondary N) is 2. The highest BCUT2D eigenvalue weighted by molar-refractivity contribution is 7.89. The molecular formula is C17H21ClN2O4S. The van der Waals surface area contributed by atoms with Gasteiger partial charge in [-0.1, -0.05) is 18.2 Å². The first-order valence-corrected chi connectivity index (χ1v) is 9.05. The third kappa shape index (κ3) is 4.24. The Morgan fingerprint density at radius 1 is 1.00 bits per heavy atom. The highest BCUT2D eigenvalue weighted by Gasteiger charge is 2.17. The number of benzene rings is 2. The largest absolute Gasteiger partial charge is 0.493 e. The van der Waals surface area contributed by atoms with Crippen molar-refractivity contribution in [3.63, 3.8) is 0 Å². The summed E-state index contributed by atoms with van der Waals surface area (Å²) in [5.74, 6) is 0.867. The second-order valence-electron chi connectivity index (χ2n) is 5.55. The van der Waals surface area contributed by atoms with Gasteiger partial charge in [0.25, 0.3) is 0 Å². The summed E-state index contributed by atoms with van der Waals surface area (Å²) in [5.41, 5.74) is 3.42. The van der Waals surface area contributed by atoms with Gasteiger partial charge >= 0.3 is 0 Å². The maximum Gasteiger partial charge on any atom is 0.241 e. The Labute approximate surface area is 154 Å². The van der Waals surface area contributed by atoms with Gasteiger partial charge in [0, 0.05) is 25.7 Å². The predicted octanol–water partition coefficient (Wildman–Crippen LogP) is 2.21. The molecule has 1 aliphatic heterocycles. The molecule has 25 heavy (non-hydrogen) atoms. The average molecular weight is 385 g/mol. The molecule has 8 heteroatoms. The van der Waals surface area contributed by atoms with Crippen LogP contribution in [0, 0.1) is 0 Å². The number of hydrogen-bond acceptors (Lipinski definition) is 5. The smallest absolute Gasteiger partial charge is 0.241 e. The molecule has 0 aliphatic carbocycles. The van der Waals surface area contributed by atoms with Gasteiger partial charge in [-0.2, -0.15) is 0 Å². The van der Waals surface area contributed by atoms with Gasteiger partial charge in [-0.15, -0.1) is 12.4 Å². The fourth-order valence-electron chi connectivity index (χ4n) is 2.70. The summed E-state index contributed by atoms with van der Waals surface area (Å²) in [4.78, 5) is 0.142. The monoisotopic (exact) mass is 384 g/mol. The Kier molecular flexibility index (Phi) is 6.29. The normalized spacial score (nSPS) is 13.0. The molecule has 0 bridgehead atoms. The summed E-state index contributed by atoms with van der Waals surface area (Å²) in [6.07, 6.45) is 0. The van der Waals surface area contributed by atoms with Crippen LogP contribution in [-0.4, -0.2) is 22.6 Å². The Balaban J connectivity index is 0.00000225. The fourth-order valence-corrected chi connectivity index (χ4v) is 3.74. The maximum atomic E-state index is 12.5. The Morgan fingerprint density at radius 2 is 1.72 bits per heavy atom.